The maximum absolute atomic E-state index is 3.62. The molecule has 0 radical (unpaired) electrons. The smallest absolute Gasteiger partial charge is 0.0291 e. The van der Waals surface area contributed by atoms with Crippen molar-refractivity contribution < 1.29 is 0 Å². The molecule has 0 saturated heterocycles. The van der Waals surface area contributed by atoms with E-state index in [-0.39, 0.29) is 0 Å². The molecule has 21 heavy (non-hydrogen) atoms. The van der Waals surface area contributed by atoms with Crippen LogP contribution >= 0.6 is 0 Å². The third-order valence-electron chi connectivity index (χ3n) is 4.07. The molecule has 0 aliphatic heterocycles. The van der Waals surface area contributed by atoms with E-state index in [9.17, 15) is 0 Å². The molecule has 2 rings (SSSR count). The largest absolute Gasteiger partial charge is 0.310 e. The summed E-state index contributed by atoms with van der Waals surface area (Å²) < 4.78 is 0. The summed E-state index contributed by atoms with van der Waals surface area (Å²) >= 11 is 0. The molecule has 0 aliphatic carbocycles. The second-order valence-corrected chi connectivity index (χ2v) is 5.71. The first-order chi connectivity index (χ1) is 10.3. The van der Waals surface area contributed by atoms with Crippen LogP contribution in [0.5, 0.6) is 0 Å². The topological polar surface area (TPSA) is 12.0 Å². The van der Waals surface area contributed by atoms with Crippen molar-refractivity contribution in [3.63, 3.8) is 0 Å². The number of hydrogen-bond donors (Lipinski definition) is 1. The van der Waals surface area contributed by atoms with Gasteiger partial charge in [-0.3, -0.25) is 0 Å². The van der Waals surface area contributed by atoms with Crippen LogP contribution in [0.15, 0.2) is 54.6 Å². The normalized spacial score (nSPS) is 12.3. The van der Waals surface area contributed by atoms with Crippen LogP contribution in [0.4, 0.5) is 0 Å². The standard InChI is InChI=1S/C20H27N/c1-3-18-12-14-20(15-13-18)17(2)21-16-8-7-11-19-9-5-4-6-10-19/h4-6,9-10,12-15,17,21H,3,7-8,11,16H2,1-2H3. The zero-order valence-corrected chi connectivity index (χ0v) is 13.3. The molecule has 1 heteroatoms. The van der Waals surface area contributed by atoms with Gasteiger partial charge in [0, 0.05) is 6.04 Å². The molecule has 0 aromatic heterocycles. The van der Waals surface area contributed by atoms with E-state index < -0.39 is 0 Å². The van der Waals surface area contributed by atoms with Crippen molar-refractivity contribution >= 4 is 0 Å². The van der Waals surface area contributed by atoms with Crippen LogP contribution in [0.1, 0.15) is 49.4 Å². The predicted molar refractivity (Wildman–Crippen MR) is 91.6 cm³/mol. The number of aryl methyl sites for hydroxylation is 2. The maximum Gasteiger partial charge on any atom is 0.0291 e. The van der Waals surface area contributed by atoms with Crippen molar-refractivity contribution in [2.24, 2.45) is 0 Å². The van der Waals surface area contributed by atoms with Crippen molar-refractivity contribution in [1.29, 1.82) is 0 Å². The average Bonchev–Trinajstić information content (AvgIpc) is 2.55. The Labute approximate surface area is 129 Å². The minimum Gasteiger partial charge on any atom is -0.310 e. The minimum atomic E-state index is 0.438. The molecular formula is C20H27N. The molecule has 2 aromatic rings. The van der Waals surface area contributed by atoms with E-state index in [0.29, 0.717) is 6.04 Å². The van der Waals surface area contributed by atoms with Crippen LogP contribution in [-0.2, 0) is 12.8 Å². The molecule has 0 heterocycles. The van der Waals surface area contributed by atoms with Gasteiger partial charge in [-0.15, -0.1) is 0 Å². The van der Waals surface area contributed by atoms with Crippen LogP contribution in [0.2, 0.25) is 0 Å². The summed E-state index contributed by atoms with van der Waals surface area (Å²) in [6.07, 6.45) is 4.77. The van der Waals surface area contributed by atoms with E-state index >= 15 is 0 Å². The van der Waals surface area contributed by atoms with Crippen LogP contribution in [0, 0.1) is 0 Å². The van der Waals surface area contributed by atoms with Gasteiger partial charge >= 0.3 is 0 Å². The summed E-state index contributed by atoms with van der Waals surface area (Å²) in [5.41, 5.74) is 4.24. The molecule has 0 bridgehead atoms. The number of rotatable bonds is 8. The Bertz CT molecular complexity index is 501. The van der Waals surface area contributed by atoms with Gasteiger partial charge in [-0.05, 0) is 55.8 Å². The van der Waals surface area contributed by atoms with Gasteiger partial charge in [0.05, 0.1) is 0 Å². The van der Waals surface area contributed by atoms with Gasteiger partial charge in [-0.1, -0.05) is 61.5 Å². The molecule has 1 N–H and O–H groups in total. The Morgan fingerprint density at radius 1 is 0.857 bits per heavy atom. The van der Waals surface area contributed by atoms with E-state index in [4.69, 9.17) is 0 Å². The van der Waals surface area contributed by atoms with E-state index in [1.54, 1.807) is 0 Å². The fraction of sp³-hybridized carbons (Fsp3) is 0.400. The highest BCUT2D eigenvalue weighted by atomic mass is 14.9. The monoisotopic (exact) mass is 281 g/mol. The Kier molecular flexibility index (Phi) is 6.49. The van der Waals surface area contributed by atoms with Crippen molar-refractivity contribution in [3.05, 3.63) is 71.3 Å². The summed E-state index contributed by atoms with van der Waals surface area (Å²) in [5, 5.41) is 3.62. The molecule has 2 aromatic carbocycles. The minimum absolute atomic E-state index is 0.438. The molecule has 1 atom stereocenters. The molecule has 112 valence electrons. The molecule has 0 spiro atoms. The first-order valence-corrected chi connectivity index (χ1v) is 8.15. The van der Waals surface area contributed by atoms with Crippen molar-refractivity contribution in [1.82, 2.24) is 5.32 Å². The lowest BCUT2D eigenvalue weighted by molar-refractivity contribution is 0.546. The Hall–Kier alpha value is -1.60. The molecule has 0 saturated carbocycles. The number of nitrogens with one attached hydrogen (secondary N) is 1. The Balaban J connectivity index is 1.65. The maximum atomic E-state index is 3.62. The van der Waals surface area contributed by atoms with Gasteiger partial charge in [-0.2, -0.15) is 0 Å². The highest BCUT2D eigenvalue weighted by Gasteiger charge is 2.03. The average molecular weight is 281 g/mol. The van der Waals surface area contributed by atoms with Gasteiger partial charge in [0.25, 0.3) is 0 Å². The first-order valence-electron chi connectivity index (χ1n) is 8.15. The number of unbranched alkanes of at least 4 members (excludes halogenated alkanes) is 1. The van der Waals surface area contributed by atoms with E-state index in [1.807, 2.05) is 0 Å². The van der Waals surface area contributed by atoms with Crippen molar-refractivity contribution in [3.8, 4) is 0 Å². The van der Waals surface area contributed by atoms with Gasteiger partial charge in [0.15, 0.2) is 0 Å². The third kappa shape index (κ3) is 5.35. The highest BCUT2D eigenvalue weighted by molar-refractivity contribution is 5.24. The Morgan fingerprint density at radius 3 is 2.24 bits per heavy atom. The fourth-order valence-electron chi connectivity index (χ4n) is 2.58. The highest BCUT2D eigenvalue weighted by Crippen LogP contribution is 2.14. The SMILES string of the molecule is CCc1ccc(C(C)NCCCCc2ccccc2)cc1. The lowest BCUT2D eigenvalue weighted by atomic mass is 10.0. The number of benzene rings is 2. The molecule has 0 fully saturated rings. The summed E-state index contributed by atoms with van der Waals surface area (Å²) in [6.45, 7) is 5.53. The van der Waals surface area contributed by atoms with E-state index in [0.717, 1.165) is 13.0 Å². The molecular weight excluding hydrogens is 254 g/mol. The number of hydrogen-bond acceptors (Lipinski definition) is 1. The zero-order chi connectivity index (χ0) is 14.9. The first kappa shape index (κ1) is 15.8. The zero-order valence-electron chi connectivity index (χ0n) is 13.3. The van der Waals surface area contributed by atoms with E-state index in [2.05, 4.69) is 73.8 Å². The fourth-order valence-corrected chi connectivity index (χ4v) is 2.58. The van der Waals surface area contributed by atoms with Gasteiger partial charge in [0.2, 0.25) is 0 Å². The lowest BCUT2D eigenvalue weighted by Gasteiger charge is -2.14. The van der Waals surface area contributed by atoms with Crippen molar-refractivity contribution in [2.75, 3.05) is 6.54 Å². The summed E-state index contributed by atoms with van der Waals surface area (Å²) in [6, 6.07) is 20.2. The second-order valence-electron chi connectivity index (χ2n) is 5.71. The summed E-state index contributed by atoms with van der Waals surface area (Å²) in [4.78, 5) is 0. The molecule has 1 nitrogen and oxygen atoms in total. The quantitative estimate of drug-likeness (QED) is 0.677. The van der Waals surface area contributed by atoms with Crippen LogP contribution in [0.25, 0.3) is 0 Å². The van der Waals surface area contributed by atoms with Crippen molar-refractivity contribution in [2.45, 2.75) is 45.6 Å². The summed E-state index contributed by atoms with van der Waals surface area (Å²) in [7, 11) is 0. The lowest BCUT2D eigenvalue weighted by Crippen LogP contribution is -2.19. The molecule has 1 unspecified atom stereocenters. The van der Waals surface area contributed by atoms with Crippen LogP contribution < -0.4 is 5.32 Å². The molecule has 0 aliphatic rings. The third-order valence-corrected chi connectivity index (χ3v) is 4.07. The Morgan fingerprint density at radius 2 is 1.57 bits per heavy atom. The van der Waals surface area contributed by atoms with Gasteiger partial charge in [-0.25, -0.2) is 0 Å². The molecule has 0 amide bonds. The van der Waals surface area contributed by atoms with Gasteiger partial charge in [0.1, 0.15) is 0 Å². The van der Waals surface area contributed by atoms with Crippen LogP contribution in [0.3, 0.4) is 0 Å². The van der Waals surface area contributed by atoms with E-state index in [1.165, 1.54) is 36.0 Å². The second kappa shape index (κ2) is 8.63. The summed E-state index contributed by atoms with van der Waals surface area (Å²) in [5.74, 6) is 0. The van der Waals surface area contributed by atoms with Crippen LogP contribution in [-0.4, -0.2) is 6.54 Å². The predicted octanol–water partition coefficient (Wildman–Crippen LogP) is 4.92. The van der Waals surface area contributed by atoms with Gasteiger partial charge < -0.3 is 5.32 Å².